The van der Waals surface area contributed by atoms with Crippen molar-refractivity contribution in [2.24, 2.45) is 5.92 Å². The molecule has 2 atom stereocenters. The molecule has 6 heteroatoms. The van der Waals surface area contributed by atoms with Crippen molar-refractivity contribution < 1.29 is 5.11 Å². The van der Waals surface area contributed by atoms with Gasteiger partial charge in [-0.25, -0.2) is 0 Å². The first-order valence-electron chi connectivity index (χ1n) is 8.39. The molecule has 1 aliphatic rings. The summed E-state index contributed by atoms with van der Waals surface area (Å²) in [7, 11) is 0. The largest absolute Gasteiger partial charge is 0.393 e. The Bertz CT molecular complexity index is 835. The predicted octanol–water partition coefficient (Wildman–Crippen LogP) is 3.72. The number of aromatic nitrogens is 3. The molecule has 2 heterocycles. The number of aliphatic hydroxyl groups is 1. The maximum absolute atomic E-state index is 10.1. The molecule has 0 bridgehead atoms. The van der Waals surface area contributed by atoms with Crippen molar-refractivity contribution in [3.05, 3.63) is 36.7 Å². The van der Waals surface area contributed by atoms with Crippen molar-refractivity contribution in [3.63, 3.8) is 0 Å². The molecule has 0 aliphatic heterocycles. The number of rotatable bonds is 4. The zero-order valence-corrected chi connectivity index (χ0v) is 14.2. The summed E-state index contributed by atoms with van der Waals surface area (Å²) in [5.41, 5.74) is 1.07. The molecule has 1 aromatic carbocycles. The van der Waals surface area contributed by atoms with Gasteiger partial charge in [-0.15, -0.1) is 10.2 Å². The van der Waals surface area contributed by atoms with E-state index in [0.717, 1.165) is 52.3 Å². The third-order valence-electron chi connectivity index (χ3n) is 4.70. The summed E-state index contributed by atoms with van der Waals surface area (Å²) >= 11 is 1.55. The van der Waals surface area contributed by atoms with Crippen molar-refractivity contribution in [1.29, 1.82) is 0 Å². The Morgan fingerprint density at radius 3 is 2.96 bits per heavy atom. The molecule has 4 rings (SSSR count). The monoisotopic (exact) mass is 340 g/mol. The fourth-order valence-corrected chi connectivity index (χ4v) is 4.02. The van der Waals surface area contributed by atoms with Crippen LogP contribution in [0.2, 0.25) is 0 Å². The van der Waals surface area contributed by atoms with Crippen LogP contribution in [0.4, 0.5) is 5.13 Å². The van der Waals surface area contributed by atoms with E-state index in [1.807, 2.05) is 12.3 Å². The number of hydrogen-bond acceptors (Lipinski definition) is 6. The van der Waals surface area contributed by atoms with Crippen LogP contribution >= 0.6 is 11.3 Å². The summed E-state index contributed by atoms with van der Waals surface area (Å²) in [5, 5.41) is 25.9. The molecular weight excluding hydrogens is 320 g/mol. The second-order valence-electron chi connectivity index (χ2n) is 6.34. The number of pyridine rings is 1. The molecule has 1 aliphatic carbocycles. The molecule has 0 saturated heterocycles. The quantitative estimate of drug-likeness (QED) is 0.757. The smallest absolute Gasteiger partial charge is 0.206 e. The Morgan fingerprint density at radius 1 is 1.12 bits per heavy atom. The summed E-state index contributed by atoms with van der Waals surface area (Å²) in [4.78, 5) is 4.14. The minimum absolute atomic E-state index is 0.187. The molecule has 0 unspecified atom stereocenters. The van der Waals surface area contributed by atoms with E-state index in [1.54, 1.807) is 17.5 Å². The van der Waals surface area contributed by atoms with E-state index in [2.05, 4.69) is 38.7 Å². The van der Waals surface area contributed by atoms with E-state index in [1.165, 1.54) is 6.42 Å². The summed E-state index contributed by atoms with van der Waals surface area (Å²) in [6, 6.07) is 8.24. The first-order valence-corrected chi connectivity index (χ1v) is 9.21. The van der Waals surface area contributed by atoms with Gasteiger partial charge in [-0.3, -0.25) is 4.98 Å². The number of aliphatic hydroxyl groups excluding tert-OH is 1. The van der Waals surface area contributed by atoms with Crippen molar-refractivity contribution >= 4 is 27.2 Å². The average molecular weight is 340 g/mol. The lowest BCUT2D eigenvalue weighted by molar-refractivity contribution is 0.0763. The molecule has 5 nitrogen and oxygen atoms in total. The van der Waals surface area contributed by atoms with Crippen LogP contribution in [0.15, 0.2) is 36.7 Å². The Balaban J connectivity index is 1.47. The standard InChI is InChI=1S/C18H20N4OS/c23-16-4-2-1-3-15(16)11-20-18-22-21-17(24-18)13-5-6-14-10-19-8-7-12(14)9-13/h5-10,15-16,23H,1-4,11H2,(H,20,22)/t15-,16-/m0/s1. The third kappa shape index (κ3) is 3.25. The van der Waals surface area contributed by atoms with Gasteiger partial charge in [0.1, 0.15) is 5.01 Å². The van der Waals surface area contributed by atoms with Crippen molar-refractivity contribution in [1.82, 2.24) is 15.2 Å². The number of fused-ring (bicyclic) bond motifs is 1. The molecule has 2 N–H and O–H groups in total. The van der Waals surface area contributed by atoms with Gasteiger partial charge in [-0.1, -0.05) is 36.3 Å². The minimum atomic E-state index is -0.187. The van der Waals surface area contributed by atoms with Crippen molar-refractivity contribution in [3.8, 4) is 10.6 Å². The van der Waals surface area contributed by atoms with E-state index >= 15 is 0 Å². The molecule has 3 aromatic rings. The van der Waals surface area contributed by atoms with E-state index in [0.29, 0.717) is 5.92 Å². The van der Waals surface area contributed by atoms with Gasteiger partial charge in [0.2, 0.25) is 5.13 Å². The highest BCUT2D eigenvalue weighted by atomic mass is 32.1. The zero-order valence-electron chi connectivity index (χ0n) is 13.4. The number of benzene rings is 1. The van der Waals surface area contributed by atoms with Crippen LogP contribution in [-0.2, 0) is 0 Å². The highest BCUT2D eigenvalue weighted by Gasteiger charge is 2.23. The Kier molecular flexibility index (Phi) is 4.40. The minimum Gasteiger partial charge on any atom is -0.393 e. The fraction of sp³-hybridized carbons (Fsp3) is 0.389. The summed E-state index contributed by atoms with van der Waals surface area (Å²) in [5.74, 6) is 0.319. The van der Waals surface area contributed by atoms with Crippen LogP contribution in [0.25, 0.3) is 21.3 Å². The number of anilines is 1. The van der Waals surface area contributed by atoms with Gasteiger partial charge in [-0.2, -0.15) is 0 Å². The topological polar surface area (TPSA) is 70.9 Å². The fourth-order valence-electron chi connectivity index (χ4n) is 3.27. The molecule has 1 saturated carbocycles. The van der Waals surface area contributed by atoms with Crippen molar-refractivity contribution in [2.45, 2.75) is 31.8 Å². The highest BCUT2D eigenvalue weighted by Crippen LogP contribution is 2.30. The molecule has 0 radical (unpaired) electrons. The molecule has 0 spiro atoms. The van der Waals surface area contributed by atoms with Gasteiger partial charge >= 0.3 is 0 Å². The van der Waals surface area contributed by atoms with Gasteiger partial charge in [0, 0.05) is 35.8 Å². The van der Waals surface area contributed by atoms with Crippen LogP contribution in [-0.4, -0.2) is 32.9 Å². The lowest BCUT2D eigenvalue weighted by atomic mass is 9.86. The lowest BCUT2D eigenvalue weighted by Gasteiger charge is -2.27. The maximum atomic E-state index is 10.1. The van der Waals surface area contributed by atoms with E-state index in [9.17, 15) is 5.11 Å². The number of nitrogens with one attached hydrogen (secondary N) is 1. The van der Waals surface area contributed by atoms with Gasteiger partial charge in [0.15, 0.2) is 0 Å². The second kappa shape index (κ2) is 6.83. The SMILES string of the molecule is O[C@H]1CCCC[C@H]1CNc1nnc(-c2ccc3cnccc3c2)s1. The first kappa shape index (κ1) is 15.5. The average Bonchev–Trinajstić information content (AvgIpc) is 3.10. The second-order valence-corrected chi connectivity index (χ2v) is 7.32. The molecule has 0 amide bonds. The summed E-state index contributed by atoms with van der Waals surface area (Å²) in [6.45, 7) is 0.763. The van der Waals surface area contributed by atoms with Gasteiger partial charge < -0.3 is 10.4 Å². The van der Waals surface area contributed by atoms with Crippen LogP contribution in [0, 0.1) is 5.92 Å². The molecule has 124 valence electrons. The Morgan fingerprint density at radius 2 is 2.04 bits per heavy atom. The Hall–Kier alpha value is -2.05. The van der Waals surface area contributed by atoms with Crippen molar-refractivity contribution in [2.75, 3.05) is 11.9 Å². The third-order valence-corrected chi connectivity index (χ3v) is 5.63. The van der Waals surface area contributed by atoms with Gasteiger partial charge in [-0.05, 0) is 30.4 Å². The van der Waals surface area contributed by atoms with E-state index < -0.39 is 0 Å². The van der Waals surface area contributed by atoms with E-state index in [-0.39, 0.29) is 6.10 Å². The van der Waals surface area contributed by atoms with Crippen LogP contribution in [0.5, 0.6) is 0 Å². The first-order chi connectivity index (χ1) is 11.8. The molecular formula is C18H20N4OS. The highest BCUT2D eigenvalue weighted by molar-refractivity contribution is 7.18. The molecule has 2 aromatic heterocycles. The van der Waals surface area contributed by atoms with E-state index in [4.69, 9.17) is 0 Å². The normalized spacial score (nSPS) is 21.0. The van der Waals surface area contributed by atoms with Gasteiger partial charge in [0.05, 0.1) is 6.10 Å². The number of hydrogen-bond donors (Lipinski definition) is 2. The van der Waals surface area contributed by atoms with Crippen LogP contribution < -0.4 is 5.32 Å². The molecule has 1 fully saturated rings. The lowest BCUT2D eigenvalue weighted by Crippen LogP contribution is -2.30. The summed E-state index contributed by atoms with van der Waals surface area (Å²) in [6.07, 6.45) is 7.82. The number of nitrogens with zero attached hydrogens (tertiary/aromatic N) is 3. The Labute approximate surface area is 144 Å². The summed E-state index contributed by atoms with van der Waals surface area (Å²) < 4.78 is 0. The molecule has 24 heavy (non-hydrogen) atoms. The zero-order chi connectivity index (χ0) is 16.4. The van der Waals surface area contributed by atoms with Gasteiger partial charge in [0.25, 0.3) is 0 Å². The van der Waals surface area contributed by atoms with Crippen LogP contribution in [0.1, 0.15) is 25.7 Å². The maximum Gasteiger partial charge on any atom is 0.206 e. The van der Waals surface area contributed by atoms with Crippen LogP contribution in [0.3, 0.4) is 0 Å². The predicted molar refractivity (Wildman–Crippen MR) is 97.1 cm³/mol.